The summed E-state index contributed by atoms with van der Waals surface area (Å²) in [6.07, 6.45) is 0. The van der Waals surface area contributed by atoms with Crippen LogP contribution in [-0.2, 0) is 15.3 Å². The SMILES string of the molecule is O=C(COC(=O)c1ccc(CSc2ccc(Cl)cc2)cc1)Nc1cccc(Oc2ccccc2)c1. The van der Waals surface area contributed by atoms with Gasteiger partial charge in [-0.1, -0.05) is 48.0 Å². The van der Waals surface area contributed by atoms with E-state index in [0.717, 1.165) is 16.2 Å². The van der Waals surface area contributed by atoms with Gasteiger partial charge in [-0.05, 0) is 66.2 Å². The highest BCUT2D eigenvalue weighted by Crippen LogP contribution is 2.25. The van der Waals surface area contributed by atoms with Crippen molar-refractivity contribution in [1.29, 1.82) is 0 Å². The van der Waals surface area contributed by atoms with Gasteiger partial charge in [0, 0.05) is 27.4 Å². The number of ether oxygens (including phenoxy) is 2. The number of rotatable bonds is 9. The van der Waals surface area contributed by atoms with E-state index in [-0.39, 0.29) is 0 Å². The fourth-order valence-corrected chi connectivity index (χ4v) is 4.09. The summed E-state index contributed by atoms with van der Waals surface area (Å²) in [5.74, 6) is 1.04. The van der Waals surface area contributed by atoms with Gasteiger partial charge in [-0.25, -0.2) is 4.79 Å². The molecule has 176 valence electrons. The highest BCUT2D eigenvalue weighted by molar-refractivity contribution is 7.98. The average Bonchev–Trinajstić information content (AvgIpc) is 2.88. The third-order valence-corrected chi connectivity index (χ3v) is 6.17. The lowest BCUT2D eigenvalue weighted by Gasteiger charge is -2.09. The Balaban J connectivity index is 1.24. The predicted octanol–water partition coefficient (Wildman–Crippen LogP) is 7.22. The Morgan fingerprint density at radius 2 is 1.51 bits per heavy atom. The molecule has 4 aromatic rings. The van der Waals surface area contributed by atoms with Crippen molar-refractivity contribution in [2.75, 3.05) is 11.9 Å². The number of carbonyl (C=O) groups excluding carboxylic acids is 2. The van der Waals surface area contributed by atoms with E-state index in [1.165, 1.54) is 0 Å². The summed E-state index contributed by atoms with van der Waals surface area (Å²) >= 11 is 7.59. The Bertz CT molecular complexity index is 1280. The summed E-state index contributed by atoms with van der Waals surface area (Å²) in [6.45, 7) is -0.392. The molecule has 0 aliphatic rings. The molecule has 0 aliphatic heterocycles. The lowest BCUT2D eigenvalue weighted by molar-refractivity contribution is -0.119. The van der Waals surface area contributed by atoms with E-state index < -0.39 is 18.5 Å². The summed E-state index contributed by atoms with van der Waals surface area (Å²) in [5.41, 5.74) is 2.00. The zero-order valence-corrected chi connectivity index (χ0v) is 20.2. The molecule has 1 amide bonds. The molecule has 0 atom stereocenters. The molecular formula is C28H22ClNO4S. The molecule has 0 unspecified atom stereocenters. The third kappa shape index (κ3) is 7.64. The minimum Gasteiger partial charge on any atom is -0.457 e. The highest BCUT2D eigenvalue weighted by atomic mass is 35.5. The number of halogens is 1. The molecule has 4 aromatic carbocycles. The molecule has 0 saturated heterocycles. The standard InChI is InChI=1S/C28H22ClNO4S/c29-22-13-15-26(16-14-22)35-19-20-9-11-21(12-10-20)28(32)33-18-27(31)30-23-5-4-8-25(17-23)34-24-6-2-1-3-7-24/h1-17H,18-19H2,(H,30,31). The Morgan fingerprint density at radius 1 is 0.800 bits per heavy atom. The van der Waals surface area contributed by atoms with Crippen LogP contribution in [0.15, 0.2) is 108 Å². The van der Waals surface area contributed by atoms with Crippen molar-refractivity contribution in [2.24, 2.45) is 0 Å². The molecule has 1 N–H and O–H groups in total. The maximum absolute atomic E-state index is 12.3. The summed E-state index contributed by atoms with van der Waals surface area (Å²) in [6, 6.07) is 31.1. The van der Waals surface area contributed by atoms with E-state index in [4.69, 9.17) is 21.1 Å². The van der Waals surface area contributed by atoms with Gasteiger partial charge in [0.1, 0.15) is 11.5 Å². The molecule has 5 nitrogen and oxygen atoms in total. The molecule has 4 rings (SSSR count). The molecule has 0 heterocycles. The van der Waals surface area contributed by atoms with E-state index in [2.05, 4.69) is 5.32 Å². The van der Waals surface area contributed by atoms with Gasteiger partial charge in [0.15, 0.2) is 6.61 Å². The number of hydrogen-bond donors (Lipinski definition) is 1. The van der Waals surface area contributed by atoms with Crippen LogP contribution in [0.25, 0.3) is 0 Å². The first-order valence-electron chi connectivity index (χ1n) is 10.8. The van der Waals surface area contributed by atoms with Crippen molar-refractivity contribution in [2.45, 2.75) is 10.6 Å². The number of carbonyl (C=O) groups is 2. The van der Waals surface area contributed by atoms with Crippen molar-refractivity contribution in [3.05, 3.63) is 119 Å². The topological polar surface area (TPSA) is 64.6 Å². The molecule has 0 fully saturated rings. The van der Waals surface area contributed by atoms with Crippen LogP contribution in [0.4, 0.5) is 5.69 Å². The second kappa shape index (κ2) is 12.1. The zero-order chi connectivity index (χ0) is 24.5. The van der Waals surface area contributed by atoms with Crippen LogP contribution >= 0.6 is 23.4 Å². The fourth-order valence-electron chi connectivity index (χ4n) is 3.11. The third-order valence-electron chi connectivity index (χ3n) is 4.84. The van der Waals surface area contributed by atoms with Crippen LogP contribution in [0.1, 0.15) is 15.9 Å². The predicted molar refractivity (Wildman–Crippen MR) is 139 cm³/mol. The van der Waals surface area contributed by atoms with E-state index in [9.17, 15) is 9.59 Å². The molecule has 0 saturated carbocycles. The van der Waals surface area contributed by atoms with E-state index in [1.54, 1.807) is 48.2 Å². The van der Waals surface area contributed by atoms with Crippen LogP contribution in [-0.4, -0.2) is 18.5 Å². The minimum absolute atomic E-state index is 0.385. The van der Waals surface area contributed by atoms with Crippen LogP contribution < -0.4 is 10.1 Å². The largest absolute Gasteiger partial charge is 0.457 e. The monoisotopic (exact) mass is 503 g/mol. The Hall–Kier alpha value is -3.74. The van der Waals surface area contributed by atoms with Gasteiger partial charge in [-0.15, -0.1) is 11.8 Å². The van der Waals surface area contributed by atoms with Gasteiger partial charge >= 0.3 is 5.97 Å². The zero-order valence-electron chi connectivity index (χ0n) is 18.6. The lowest BCUT2D eigenvalue weighted by atomic mass is 10.1. The first-order valence-corrected chi connectivity index (χ1v) is 12.2. The highest BCUT2D eigenvalue weighted by Gasteiger charge is 2.11. The van der Waals surface area contributed by atoms with Crippen molar-refractivity contribution in [3.63, 3.8) is 0 Å². The number of para-hydroxylation sites is 1. The second-order valence-corrected chi connectivity index (χ2v) is 8.99. The molecule has 0 radical (unpaired) electrons. The summed E-state index contributed by atoms with van der Waals surface area (Å²) in [7, 11) is 0. The first kappa shape index (κ1) is 24.4. The smallest absolute Gasteiger partial charge is 0.338 e. The number of benzene rings is 4. The van der Waals surface area contributed by atoms with Crippen LogP contribution in [0.3, 0.4) is 0 Å². The number of nitrogens with one attached hydrogen (secondary N) is 1. The van der Waals surface area contributed by atoms with Crippen molar-refractivity contribution in [1.82, 2.24) is 0 Å². The van der Waals surface area contributed by atoms with Crippen molar-refractivity contribution in [3.8, 4) is 11.5 Å². The Kier molecular flexibility index (Phi) is 8.44. The van der Waals surface area contributed by atoms with Gasteiger partial charge in [-0.3, -0.25) is 4.79 Å². The molecule has 7 heteroatoms. The molecule has 0 aliphatic carbocycles. The van der Waals surface area contributed by atoms with Crippen LogP contribution in [0.2, 0.25) is 5.02 Å². The molecule has 35 heavy (non-hydrogen) atoms. The van der Waals surface area contributed by atoms with Crippen molar-refractivity contribution >= 4 is 40.9 Å². The summed E-state index contributed by atoms with van der Waals surface area (Å²) in [4.78, 5) is 25.7. The van der Waals surface area contributed by atoms with Gasteiger partial charge in [0.2, 0.25) is 0 Å². The van der Waals surface area contributed by atoms with Crippen LogP contribution in [0, 0.1) is 0 Å². The van der Waals surface area contributed by atoms with Gasteiger partial charge in [0.05, 0.1) is 5.56 Å². The molecule has 0 bridgehead atoms. The maximum Gasteiger partial charge on any atom is 0.338 e. The van der Waals surface area contributed by atoms with E-state index >= 15 is 0 Å². The first-order chi connectivity index (χ1) is 17.0. The quantitative estimate of drug-likeness (QED) is 0.193. The normalized spacial score (nSPS) is 10.4. The summed E-state index contributed by atoms with van der Waals surface area (Å²) in [5, 5.41) is 3.42. The van der Waals surface area contributed by atoms with E-state index in [1.807, 2.05) is 66.7 Å². The Labute approximate surface area is 213 Å². The molecular weight excluding hydrogens is 482 g/mol. The summed E-state index contributed by atoms with van der Waals surface area (Å²) < 4.78 is 10.9. The van der Waals surface area contributed by atoms with Gasteiger partial charge in [0.25, 0.3) is 5.91 Å². The van der Waals surface area contributed by atoms with E-state index in [0.29, 0.717) is 27.8 Å². The number of hydrogen-bond acceptors (Lipinski definition) is 5. The molecule has 0 aromatic heterocycles. The Morgan fingerprint density at radius 3 is 2.26 bits per heavy atom. The van der Waals surface area contributed by atoms with Crippen LogP contribution in [0.5, 0.6) is 11.5 Å². The fraction of sp³-hybridized carbons (Fsp3) is 0.0714. The number of amides is 1. The van der Waals surface area contributed by atoms with Gasteiger partial charge in [-0.2, -0.15) is 0 Å². The van der Waals surface area contributed by atoms with Gasteiger partial charge < -0.3 is 14.8 Å². The molecule has 0 spiro atoms. The number of anilines is 1. The second-order valence-electron chi connectivity index (χ2n) is 7.51. The maximum atomic E-state index is 12.3. The average molecular weight is 504 g/mol. The van der Waals surface area contributed by atoms with Crippen molar-refractivity contribution < 1.29 is 19.1 Å². The number of thioether (sulfide) groups is 1. The minimum atomic E-state index is -0.557. The lowest BCUT2D eigenvalue weighted by Crippen LogP contribution is -2.20. The number of esters is 1.